The highest BCUT2D eigenvalue weighted by Crippen LogP contribution is 2.28. The molecule has 1 fully saturated rings. The predicted octanol–water partition coefficient (Wildman–Crippen LogP) is 5.83. The van der Waals surface area contributed by atoms with Crippen LogP contribution in [0.1, 0.15) is 12.0 Å². The molecular formula is C24H20BrCl2N3O3. The van der Waals surface area contributed by atoms with Gasteiger partial charge >= 0.3 is 0 Å². The maximum Gasteiger partial charge on any atom is 0.243 e. The van der Waals surface area contributed by atoms with Crippen molar-refractivity contribution < 1.29 is 14.3 Å². The Morgan fingerprint density at radius 2 is 1.82 bits per heavy atom. The van der Waals surface area contributed by atoms with Crippen molar-refractivity contribution in [2.45, 2.75) is 13.0 Å². The number of nitrogens with one attached hydrogen (secondary N) is 2. The first-order chi connectivity index (χ1) is 15.9. The highest BCUT2D eigenvalue weighted by Gasteiger charge is 2.35. The van der Waals surface area contributed by atoms with E-state index in [4.69, 9.17) is 27.9 Å². The zero-order chi connectivity index (χ0) is 23.4. The SMILES string of the molecule is O=C(NNc1ccccc1OCc1ccc(Cl)c(Cl)c1)[C@@H]1CC(=O)N(c2ccc(Br)cc2)C1. The lowest BCUT2D eigenvalue weighted by Crippen LogP contribution is -2.36. The third-order valence-corrected chi connectivity index (χ3v) is 6.49. The zero-order valence-corrected chi connectivity index (χ0v) is 20.5. The number of ether oxygens (including phenoxy) is 1. The lowest BCUT2D eigenvalue weighted by Gasteiger charge is -2.18. The highest BCUT2D eigenvalue weighted by molar-refractivity contribution is 9.10. The number of nitrogens with zero attached hydrogens (tertiary/aromatic N) is 1. The zero-order valence-electron chi connectivity index (χ0n) is 17.4. The number of hydrogen-bond donors (Lipinski definition) is 2. The van der Waals surface area contributed by atoms with Crippen molar-refractivity contribution in [1.82, 2.24) is 5.43 Å². The number of amides is 2. The molecule has 0 radical (unpaired) electrons. The van der Waals surface area contributed by atoms with Gasteiger partial charge in [0.2, 0.25) is 11.8 Å². The Morgan fingerprint density at radius 3 is 2.58 bits per heavy atom. The van der Waals surface area contributed by atoms with Gasteiger partial charge in [0.1, 0.15) is 12.4 Å². The van der Waals surface area contributed by atoms with Gasteiger partial charge in [-0.3, -0.25) is 20.4 Å². The van der Waals surface area contributed by atoms with Crippen molar-refractivity contribution >= 4 is 62.3 Å². The van der Waals surface area contributed by atoms with Crippen LogP contribution in [-0.4, -0.2) is 18.4 Å². The topological polar surface area (TPSA) is 70.7 Å². The molecule has 1 heterocycles. The largest absolute Gasteiger partial charge is 0.487 e. The third kappa shape index (κ3) is 5.79. The summed E-state index contributed by atoms with van der Waals surface area (Å²) in [6, 6.07) is 20.0. The van der Waals surface area contributed by atoms with Gasteiger partial charge in [-0.15, -0.1) is 0 Å². The van der Waals surface area contributed by atoms with Gasteiger partial charge < -0.3 is 9.64 Å². The molecule has 0 spiro atoms. The molecule has 0 bridgehead atoms. The predicted molar refractivity (Wildman–Crippen MR) is 134 cm³/mol. The summed E-state index contributed by atoms with van der Waals surface area (Å²) in [6.07, 6.45) is 0.152. The van der Waals surface area contributed by atoms with E-state index in [0.29, 0.717) is 28.0 Å². The number of hydrogen-bond acceptors (Lipinski definition) is 4. The molecule has 3 aromatic rings. The monoisotopic (exact) mass is 547 g/mol. The molecule has 6 nitrogen and oxygen atoms in total. The molecule has 3 aromatic carbocycles. The van der Waals surface area contributed by atoms with E-state index in [9.17, 15) is 9.59 Å². The molecule has 0 unspecified atom stereocenters. The molecule has 4 rings (SSSR count). The fraction of sp³-hybridized carbons (Fsp3) is 0.167. The number of rotatable bonds is 7. The highest BCUT2D eigenvalue weighted by atomic mass is 79.9. The average molecular weight is 549 g/mol. The second kappa shape index (κ2) is 10.5. The fourth-order valence-corrected chi connectivity index (χ4v) is 4.06. The van der Waals surface area contributed by atoms with Crippen molar-refractivity contribution in [3.05, 3.63) is 86.8 Å². The van der Waals surface area contributed by atoms with Crippen molar-refractivity contribution in [3.8, 4) is 5.75 Å². The third-order valence-electron chi connectivity index (χ3n) is 5.22. The van der Waals surface area contributed by atoms with Crippen LogP contribution in [-0.2, 0) is 16.2 Å². The minimum atomic E-state index is -0.460. The summed E-state index contributed by atoms with van der Waals surface area (Å²) in [5.41, 5.74) is 7.85. The van der Waals surface area contributed by atoms with Gasteiger partial charge in [-0.1, -0.05) is 57.3 Å². The van der Waals surface area contributed by atoms with Gasteiger partial charge in [-0.05, 0) is 54.1 Å². The average Bonchev–Trinajstić information content (AvgIpc) is 3.21. The van der Waals surface area contributed by atoms with Crippen molar-refractivity contribution in [2.75, 3.05) is 16.9 Å². The molecule has 2 N–H and O–H groups in total. The normalized spacial score (nSPS) is 15.4. The van der Waals surface area contributed by atoms with E-state index in [1.54, 1.807) is 29.2 Å². The molecule has 0 aromatic heterocycles. The van der Waals surface area contributed by atoms with Crippen molar-refractivity contribution in [1.29, 1.82) is 0 Å². The van der Waals surface area contributed by atoms with Crippen LogP contribution in [0.4, 0.5) is 11.4 Å². The van der Waals surface area contributed by atoms with Gasteiger partial charge in [-0.25, -0.2) is 0 Å². The molecule has 1 atom stereocenters. The standard InChI is InChI=1S/C24H20BrCl2N3O3/c25-17-6-8-18(9-7-17)30-13-16(12-23(30)31)24(32)29-28-21-3-1-2-4-22(21)33-14-15-5-10-19(26)20(27)11-15/h1-11,16,28H,12-14H2,(H,29,32)/t16-/m1/s1. The van der Waals surface area contributed by atoms with E-state index in [-0.39, 0.29) is 24.8 Å². The number of halogens is 3. The van der Waals surface area contributed by atoms with Gasteiger partial charge in [0.15, 0.2) is 0 Å². The summed E-state index contributed by atoms with van der Waals surface area (Å²) in [5, 5.41) is 0.939. The van der Waals surface area contributed by atoms with Crippen LogP contribution in [0.2, 0.25) is 10.0 Å². The van der Waals surface area contributed by atoms with Crippen LogP contribution in [0.25, 0.3) is 0 Å². The molecule has 33 heavy (non-hydrogen) atoms. The number of para-hydroxylation sites is 2. The Bertz CT molecular complexity index is 1170. The number of carbonyl (C=O) groups is 2. The lowest BCUT2D eigenvalue weighted by atomic mass is 10.1. The minimum Gasteiger partial charge on any atom is -0.487 e. The van der Waals surface area contributed by atoms with E-state index in [0.717, 1.165) is 15.7 Å². The maximum absolute atomic E-state index is 12.7. The van der Waals surface area contributed by atoms with Gasteiger partial charge in [-0.2, -0.15) is 0 Å². The van der Waals surface area contributed by atoms with Crippen LogP contribution in [0.5, 0.6) is 5.75 Å². The number of carbonyl (C=O) groups excluding carboxylic acids is 2. The second-order valence-corrected chi connectivity index (χ2v) is 9.26. The molecule has 2 amide bonds. The number of anilines is 2. The fourth-order valence-electron chi connectivity index (χ4n) is 3.47. The molecule has 0 aliphatic carbocycles. The smallest absolute Gasteiger partial charge is 0.243 e. The Balaban J connectivity index is 1.35. The summed E-state index contributed by atoms with van der Waals surface area (Å²) in [4.78, 5) is 26.8. The first-order valence-corrected chi connectivity index (χ1v) is 11.7. The molecule has 1 saturated heterocycles. The molecule has 1 aliphatic rings. The van der Waals surface area contributed by atoms with E-state index in [1.165, 1.54) is 0 Å². The lowest BCUT2D eigenvalue weighted by molar-refractivity contribution is -0.125. The summed E-state index contributed by atoms with van der Waals surface area (Å²) >= 11 is 15.4. The van der Waals surface area contributed by atoms with E-state index in [1.807, 2.05) is 42.5 Å². The Hall–Kier alpha value is -2.74. The van der Waals surface area contributed by atoms with Gasteiger partial charge in [0.25, 0.3) is 0 Å². The molecule has 0 saturated carbocycles. The molecular weight excluding hydrogens is 529 g/mol. The van der Waals surface area contributed by atoms with Crippen LogP contribution >= 0.6 is 39.1 Å². The van der Waals surface area contributed by atoms with E-state index >= 15 is 0 Å². The maximum atomic E-state index is 12.7. The van der Waals surface area contributed by atoms with Crippen LogP contribution in [0.15, 0.2) is 71.2 Å². The summed E-state index contributed by atoms with van der Waals surface area (Å²) < 4.78 is 6.82. The minimum absolute atomic E-state index is 0.0807. The summed E-state index contributed by atoms with van der Waals surface area (Å²) in [5.74, 6) is -0.245. The van der Waals surface area contributed by atoms with Crippen LogP contribution < -0.4 is 20.5 Å². The molecule has 1 aliphatic heterocycles. The molecule has 170 valence electrons. The summed E-state index contributed by atoms with van der Waals surface area (Å²) in [7, 11) is 0. The van der Waals surface area contributed by atoms with E-state index in [2.05, 4.69) is 26.8 Å². The number of benzene rings is 3. The number of hydrazine groups is 1. The Morgan fingerprint density at radius 1 is 1.06 bits per heavy atom. The second-order valence-electron chi connectivity index (χ2n) is 7.53. The van der Waals surface area contributed by atoms with Crippen LogP contribution in [0.3, 0.4) is 0 Å². The van der Waals surface area contributed by atoms with Crippen LogP contribution in [0, 0.1) is 5.92 Å². The Kier molecular flexibility index (Phi) is 7.42. The molecule has 9 heteroatoms. The van der Waals surface area contributed by atoms with Gasteiger partial charge in [0.05, 0.1) is 21.7 Å². The Labute approximate surface area is 209 Å². The van der Waals surface area contributed by atoms with E-state index < -0.39 is 5.92 Å². The van der Waals surface area contributed by atoms with Gasteiger partial charge in [0, 0.05) is 23.1 Å². The first kappa shape index (κ1) is 23.4. The first-order valence-electron chi connectivity index (χ1n) is 10.2. The summed E-state index contributed by atoms with van der Waals surface area (Å²) in [6.45, 7) is 0.603. The van der Waals surface area contributed by atoms with Crippen molar-refractivity contribution in [2.24, 2.45) is 5.92 Å². The van der Waals surface area contributed by atoms with Crippen molar-refractivity contribution in [3.63, 3.8) is 0 Å². The quantitative estimate of drug-likeness (QED) is 0.364.